The highest BCUT2D eigenvalue weighted by Crippen LogP contribution is 2.28. The van der Waals surface area contributed by atoms with E-state index in [2.05, 4.69) is 4.98 Å². The molecule has 1 aromatic rings. The van der Waals surface area contributed by atoms with Gasteiger partial charge in [0.1, 0.15) is 10.6 Å². The molecular weight excluding hydrogens is 296 g/mol. The van der Waals surface area contributed by atoms with Crippen molar-refractivity contribution >= 4 is 22.3 Å². The van der Waals surface area contributed by atoms with Crippen LogP contribution < -0.4 is 0 Å². The number of carbonyl (C=O) groups excluding carboxylic acids is 2. The zero-order valence-corrected chi connectivity index (χ0v) is 12.8. The molecule has 0 radical (unpaired) electrons. The Kier molecular flexibility index (Phi) is 4.48. The van der Waals surface area contributed by atoms with Crippen molar-refractivity contribution in [2.24, 2.45) is 0 Å². The van der Waals surface area contributed by atoms with Crippen molar-refractivity contribution in [2.75, 3.05) is 19.7 Å². The molecule has 0 saturated carbocycles. The highest BCUT2D eigenvalue weighted by molar-refractivity contribution is 7.89. The molecule has 1 aliphatic heterocycles. The molecular formula is C13H18N2O5S. The molecule has 1 saturated heterocycles. The third-order valence-corrected chi connectivity index (χ3v) is 5.57. The van der Waals surface area contributed by atoms with Crippen LogP contribution in [0, 0.1) is 6.92 Å². The molecule has 1 N–H and O–H groups in total. The van der Waals surface area contributed by atoms with Crippen LogP contribution in [0.15, 0.2) is 4.90 Å². The first-order chi connectivity index (χ1) is 9.93. The minimum absolute atomic E-state index is 0.0109. The maximum absolute atomic E-state index is 12.6. The Bertz CT molecular complexity index is 656. The molecule has 0 unspecified atom stereocenters. The van der Waals surface area contributed by atoms with Crippen LogP contribution in [0.1, 0.15) is 46.3 Å². The van der Waals surface area contributed by atoms with Crippen LogP contribution in [-0.2, 0) is 14.8 Å². The van der Waals surface area contributed by atoms with E-state index in [9.17, 15) is 18.0 Å². The van der Waals surface area contributed by atoms with Gasteiger partial charge in [0.25, 0.3) is 0 Å². The SMILES string of the molecule is CCOC(=O)c1[nH]c(C=O)c(S(=O)(=O)N2CCCC2)c1C. The number of ether oxygens (including phenoxy) is 1. The largest absolute Gasteiger partial charge is 0.461 e. The number of hydrogen-bond acceptors (Lipinski definition) is 5. The molecule has 2 rings (SSSR count). The van der Waals surface area contributed by atoms with E-state index >= 15 is 0 Å². The van der Waals surface area contributed by atoms with E-state index in [1.165, 1.54) is 11.2 Å². The topological polar surface area (TPSA) is 96.5 Å². The number of aromatic nitrogens is 1. The van der Waals surface area contributed by atoms with Gasteiger partial charge in [0.05, 0.1) is 12.3 Å². The van der Waals surface area contributed by atoms with E-state index in [4.69, 9.17) is 4.74 Å². The normalized spacial score (nSPS) is 16.1. The minimum Gasteiger partial charge on any atom is -0.461 e. The van der Waals surface area contributed by atoms with Crippen LogP contribution in [-0.4, -0.2) is 49.7 Å². The highest BCUT2D eigenvalue weighted by Gasteiger charge is 2.34. The minimum atomic E-state index is -3.78. The molecule has 2 heterocycles. The van der Waals surface area contributed by atoms with Gasteiger partial charge in [-0.3, -0.25) is 4.79 Å². The molecule has 0 aliphatic carbocycles. The van der Waals surface area contributed by atoms with Gasteiger partial charge in [-0.1, -0.05) is 0 Å². The number of aldehydes is 1. The number of hydrogen-bond donors (Lipinski definition) is 1. The second-order valence-corrected chi connectivity index (χ2v) is 6.69. The number of rotatable bonds is 5. The maximum atomic E-state index is 12.6. The average Bonchev–Trinajstić information content (AvgIpc) is 3.06. The van der Waals surface area contributed by atoms with Crippen molar-refractivity contribution in [3.8, 4) is 0 Å². The smallest absolute Gasteiger partial charge is 0.355 e. The van der Waals surface area contributed by atoms with E-state index in [1.54, 1.807) is 6.92 Å². The molecule has 1 fully saturated rings. The van der Waals surface area contributed by atoms with Crippen molar-refractivity contribution < 1.29 is 22.7 Å². The summed E-state index contributed by atoms with van der Waals surface area (Å²) >= 11 is 0. The summed E-state index contributed by atoms with van der Waals surface area (Å²) in [7, 11) is -3.78. The predicted molar refractivity (Wildman–Crippen MR) is 74.9 cm³/mol. The van der Waals surface area contributed by atoms with Gasteiger partial charge < -0.3 is 9.72 Å². The monoisotopic (exact) mass is 314 g/mol. The number of carbonyl (C=O) groups is 2. The quantitative estimate of drug-likeness (QED) is 0.648. The Morgan fingerprint density at radius 3 is 2.52 bits per heavy atom. The maximum Gasteiger partial charge on any atom is 0.355 e. The third kappa shape index (κ3) is 2.73. The van der Waals surface area contributed by atoms with Crippen molar-refractivity contribution in [1.29, 1.82) is 0 Å². The zero-order chi connectivity index (χ0) is 15.6. The van der Waals surface area contributed by atoms with Gasteiger partial charge in [0.15, 0.2) is 6.29 Å². The molecule has 7 nitrogen and oxygen atoms in total. The van der Waals surface area contributed by atoms with Gasteiger partial charge in [0.2, 0.25) is 10.0 Å². The lowest BCUT2D eigenvalue weighted by Gasteiger charge is -2.15. The number of esters is 1. The molecule has 0 atom stereocenters. The Morgan fingerprint density at radius 2 is 2.00 bits per heavy atom. The summed E-state index contributed by atoms with van der Waals surface area (Å²) in [6, 6.07) is 0. The summed E-state index contributed by atoms with van der Waals surface area (Å²) in [6.45, 7) is 4.18. The average molecular weight is 314 g/mol. The van der Waals surface area contributed by atoms with Gasteiger partial charge >= 0.3 is 5.97 Å². The van der Waals surface area contributed by atoms with Crippen LogP contribution >= 0.6 is 0 Å². The number of H-pyrrole nitrogens is 1. The summed E-state index contributed by atoms with van der Waals surface area (Å²) in [4.78, 5) is 25.4. The van der Waals surface area contributed by atoms with Crippen LogP contribution in [0.2, 0.25) is 0 Å². The summed E-state index contributed by atoms with van der Waals surface area (Å²) in [6.07, 6.45) is 2.01. The lowest BCUT2D eigenvalue weighted by molar-refractivity contribution is 0.0519. The fraction of sp³-hybridized carbons (Fsp3) is 0.538. The summed E-state index contributed by atoms with van der Waals surface area (Å²) in [5, 5.41) is 0. The van der Waals surface area contributed by atoms with Gasteiger partial charge in [0, 0.05) is 18.7 Å². The molecule has 8 heteroatoms. The van der Waals surface area contributed by atoms with Crippen molar-refractivity contribution in [3.63, 3.8) is 0 Å². The van der Waals surface area contributed by atoms with Gasteiger partial charge in [-0.2, -0.15) is 4.31 Å². The number of nitrogens with one attached hydrogen (secondary N) is 1. The van der Waals surface area contributed by atoms with Crippen molar-refractivity contribution in [2.45, 2.75) is 31.6 Å². The van der Waals surface area contributed by atoms with E-state index in [-0.39, 0.29) is 28.5 Å². The fourth-order valence-corrected chi connectivity index (χ4v) is 4.34. The highest BCUT2D eigenvalue weighted by atomic mass is 32.2. The van der Waals surface area contributed by atoms with E-state index < -0.39 is 16.0 Å². The molecule has 21 heavy (non-hydrogen) atoms. The summed E-state index contributed by atoms with van der Waals surface area (Å²) < 4.78 is 31.5. The zero-order valence-electron chi connectivity index (χ0n) is 12.0. The molecule has 0 spiro atoms. The summed E-state index contributed by atoms with van der Waals surface area (Å²) in [5.74, 6) is -0.666. The van der Waals surface area contributed by atoms with E-state index in [0.29, 0.717) is 19.4 Å². The molecule has 116 valence electrons. The van der Waals surface area contributed by atoms with Crippen molar-refractivity contribution in [3.05, 3.63) is 17.0 Å². The van der Waals surface area contributed by atoms with Crippen molar-refractivity contribution in [1.82, 2.24) is 9.29 Å². The molecule has 0 aromatic carbocycles. The number of sulfonamides is 1. The van der Waals surface area contributed by atoms with Crippen LogP contribution in [0.3, 0.4) is 0 Å². The van der Waals surface area contributed by atoms with E-state index in [0.717, 1.165) is 12.8 Å². The third-order valence-electron chi connectivity index (χ3n) is 3.48. The second kappa shape index (κ2) is 5.98. The Balaban J connectivity index is 2.52. The Morgan fingerprint density at radius 1 is 1.38 bits per heavy atom. The molecule has 1 aromatic heterocycles. The van der Waals surface area contributed by atoms with Gasteiger partial charge in [-0.25, -0.2) is 13.2 Å². The standard InChI is InChI=1S/C13H18N2O5S/c1-3-20-13(17)11-9(2)12(10(8-16)14-11)21(18,19)15-6-4-5-7-15/h8,14H,3-7H2,1-2H3. The Hall–Kier alpha value is -1.67. The lowest BCUT2D eigenvalue weighted by Crippen LogP contribution is -2.28. The van der Waals surface area contributed by atoms with Gasteiger partial charge in [-0.15, -0.1) is 0 Å². The first kappa shape index (κ1) is 15.7. The second-order valence-electron chi connectivity index (χ2n) is 4.82. The number of nitrogens with zero attached hydrogens (tertiary/aromatic N) is 1. The van der Waals surface area contributed by atoms with E-state index in [1.807, 2.05) is 0 Å². The fourth-order valence-electron chi connectivity index (χ4n) is 2.48. The molecule has 0 amide bonds. The first-order valence-electron chi connectivity index (χ1n) is 6.78. The lowest BCUT2D eigenvalue weighted by atomic mass is 10.2. The predicted octanol–water partition coefficient (Wildman–Crippen LogP) is 1.10. The Labute approximate surface area is 123 Å². The van der Waals surface area contributed by atoms with Crippen LogP contribution in [0.4, 0.5) is 0 Å². The molecule has 0 bridgehead atoms. The van der Waals surface area contributed by atoms with Crippen LogP contribution in [0.5, 0.6) is 0 Å². The molecule has 1 aliphatic rings. The first-order valence-corrected chi connectivity index (χ1v) is 8.22. The summed E-state index contributed by atoms with van der Waals surface area (Å²) in [5.41, 5.74) is 0.127. The number of aromatic amines is 1. The van der Waals surface area contributed by atoms with Crippen LogP contribution in [0.25, 0.3) is 0 Å². The van der Waals surface area contributed by atoms with Gasteiger partial charge in [-0.05, 0) is 26.7 Å².